The van der Waals surface area contributed by atoms with Gasteiger partial charge >= 0.3 is 6.03 Å². The second-order valence-corrected chi connectivity index (χ2v) is 24.7. The largest absolute Gasteiger partial charge is 0.489 e. The lowest BCUT2D eigenvalue weighted by Crippen LogP contribution is -2.57. The number of H-pyrrole nitrogens is 1. The highest BCUT2D eigenvalue weighted by Gasteiger charge is 2.35. The van der Waals surface area contributed by atoms with E-state index in [1.807, 2.05) is 77.4 Å². The first-order valence-corrected chi connectivity index (χ1v) is 31.6. The summed E-state index contributed by atoms with van der Waals surface area (Å²) < 4.78 is 13.8. The summed E-state index contributed by atoms with van der Waals surface area (Å²) in [6.07, 6.45) is 15.0. The molecule has 6 aliphatic rings. The van der Waals surface area contributed by atoms with Gasteiger partial charge in [-0.15, -0.1) is 0 Å². The van der Waals surface area contributed by atoms with Gasteiger partial charge in [0.15, 0.2) is 0 Å². The number of anilines is 3. The van der Waals surface area contributed by atoms with Gasteiger partial charge in [0.05, 0.1) is 53.9 Å². The van der Waals surface area contributed by atoms with Crippen LogP contribution in [0.15, 0.2) is 126 Å². The number of urea groups is 1. The minimum atomic E-state index is -0.706. The van der Waals surface area contributed by atoms with E-state index in [-0.39, 0.29) is 18.1 Å². The number of likely N-dealkylation sites (tertiary alicyclic amines) is 1. The van der Waals surface area contributed by atoms with Gasteiger partial charge in [0.1, 0.15) is 35.9 Å². The number of fused-ring (bicyclic) bond motifs is 2. The van der Waals surface area contributed by atoms with E-state index in [0.717, 1.165) is 152 Å². The zero-order valence-corrected chi connectivity index (χ0v) is 50.5. The van der Waals surface area contributed by atoms with E-state index in [1.54, 1.807) is 12.5 Å². The number of carbonyl (C=O) groups excluding carboxylic acids is 2. The maximum atomic E-state index is 13.1. The number of nitrogens with zero attached hydrogens (tertiary/aromatic N) is 9. The Morgan fingerprint density at radius 3 is 2.38 bits per heavy atom. The summed E-state index contributed by atoms with van der Waals surface area (Å²) >= 11 is 0. The number of piperidine rings is 2. The Morgan fingerprint density at radius 2 is 1.60 bits per heavy atom. The van der Waals surface area contributed by atoms with Crippen molar-refractivity contribution in [1.82, 2.24) is 39.1 Å². The van der Waals surface area contributed by atoms with Crippen LogP contribution in [0.1, 0.15) is 103 Å². The fourth-order valence-electron chi connectivity index (χ4n) is 13.7. The van der Waals surface area contributed by atoms with Crippen molar-refractivity contribution in [2.75, 3.05) is 108 Å². The average molecular weight is 1180 g/mol. The number of Topliss-reactive ketones (excluding diaryl/α,β-unsaturated/α-hetero) is 1. The zero-order valence-electron chi connectivity index (χ0n) is 50.5. The van der Waals surface area contributed by atoms with Gasteiger partial charge in [0, 0.05) is 107 Å². The maximum Gasteiger partial charge on any atom is 0.320 e. The third-order valence-electron chi connectivity index (χ3n) is 18.7. The van der Waals surface area contributed by atoms with Crippen LogP contribution in [-0.4, -0.2) is 160 Å². The number of nitrogens with two attached hydrogens (primary N) is 1. The normalized spacial score (nSPS) is 19.6. The van der Waals surface area contributed by atoms with E-state index in [9.17, 15) is 19.5 Å². The summed E-state index contributed by atoms with van der Waals surface area (Å²) in [5.74, 6) is 2.27. The SMILES string of the molecule is Cc1cccc(C(O)CNc2cc[nH]c(=O)c2C2=Nc3c(C)cc(N4CCC(N5CCN(C(=O)N6CCOCC6)CC5)CC4)cc3C2)c1.Nc1ncnc2c1c(-c1cccc(OCc3ccccc3)c1)cn2C1CC(CCC(=O)CN2CCCCC2)C1. The summed E-state index contributed by atoms with van der Waals surface area (Å²) in [5.41, 5.74) is 18.5. The number of aryl methyl sites for hydroxylation is 2. The van der Waals surface area contributed by atoms with E-state index in [2.05, 4.69) is 89.1 Å². The molecule has 1 saturated carbocycles. The van der Waals surface area contributed by atoms with Crippen LogP contribution in [0.4, 0.5) is 27.7 Å². The molecule has 3 aromatic heterocycles. The van der Waals surface area contributed by atoms with Crippen LogP contribution >= 0.6 is 0 Å². The number of aliphatic imine (C=N–C) groups is 1. The fourth-order valence-corrected chi connectivity index (χ4v) is 13.7. The number of piperazine rings is 1. The van der Waals surface area contributed by atoms with Gasteiger partial charge in [-0.05, 0) is 136 Å². The zero-order chi connectivity index (χ0) is 59.8. The molecule has 4 aromatic carbocycles. The minimum absolute atomic E-state index is 0.160. The van der Waals surface area contributed by atoms with Gasteiger partial charge in [-0.3, -0.25) is 24.4 Å². The first-order chi connectivity index (χ1) is 42.5. The quantitative estimate of drug-likeness (QED) is 0.0672. The number of aromatic nitrogens is 4. The molecule has 5 aliphatic heterocycles. The minimum Gasteiger partial charge on any atom is -0.489 e. The van der Waals surface area contributed by atoms with Gasteiger partial charge in [0.25, 0.3) is 5.56 Å². The topological polar surface area (TPSA) is 203 Å². The lowest BCUT2D eigenvalue weighted by atomic mass is 9.77. The highest BCUT2D eigenvalue weighted by Crippen LogP contribution is 2.45. The Labute approximate surface area is 510 Å². The number of carbonyl (C=O) groups is 2. The predicted molar refractivity (Wildman–Crippen MR) is 343 cm³/mol. The van der Waals surface area contributed by atoms with Crippen molar-refractivity contribution in [3.63, 3.8) is 0 Å². The van der Waals surface area contributed by atoms with Crippen LogP contribution in [0.25, 0.3) is 22.2 Å². The van der Waals surface area contributed by atoms with Crippen LogP contribution in [0.2, 0.25) is 0 Å². The monoisotopic (exact) mass is 1180 g/mol. The second kappa shape index (κ2) is 27.4. The van der Waals surface area contributed by atoms with Gasteiger partial charge in [-0.25, -0.2) is 14.8 Å². The second-order valence-electron chi connectivity index (χ2n) is 24.7. The number of aromatic amines is 1. The summed E-state index contributed by atoms with van der Waals surface area (Å²) in [4.78, 5) is 66.7. The molecule has 5 N–H and O–H groups in total. The molecule has 18 heteroatoms. The molecule has 1 atom stereocenters. The standard InChI is InChI=1S/C37H47N7O4.C32H37N5O2/c1-25-4-3-5-27(20-25)33(45)24-39-31-6-9-38-36(46)34(31)32-23-28-22-30(21-26(2)35(28)40-32)41-10-7-29(8-11-41)42-12-14-43(15-13-42)37(47)44-16-18-48-19-17-44;33-31-30-29(25-10-7-11-28(18-25)39-21-23-8-3-1-4-9-23)20-37(32(30)35-22-34-31)26-16-24(17-26)12-13-27(38)19-36-14-5-2-6-15-36/h3-6,9,20-22,29,33,45H,7-8,10-19,23-24H2,1-2H3,(H2,38,39,46);1,3-4,7-11,18,20,22,24,26H,2,5-6,12-17,19,21H2,(H2,33,34,35). The van der Waals surface area contributed by atoms with E-state index in [4.69, 9.17) is 20.2 Å². The Bertz CT molecular complexity index is 3610. The maximum absolute atomic E-state index is 13.1. The molecule has 13 rings (SSSR count). The van der Waals surface area contributed by atoms with E-state index < -0.39 is 6.10 Å². The molecule has 4 saturated heterocycles. The molecule has 1 aliphatic carbocycles. The van der Waals surface area contributed by atoms with E-state index >= 15 is 0 Å². The third kappa shape index (κ3) is 14.1. The van der Waals surface area contributed by atoms with Gasteiger partial charge in [-0.2, -0.15) is 0 Å². The number of nitrogen functional groups attached to an aromatic ring is 1. The lowest BCUT2D eigenvalue weighted by molar-refractivity contribution is -0.120. The molecule has 2 amide bonds. The van der Waals surface area contributed by atoms with Crippen molar-refractivity contribution in [3.05, 3.63) is 160 Å². The number of rotatable bonds is 17. The number of hydrogen-bond acceptors (Lipinski definition) is 14. The molecule has 5 fully saturated rings. The number of ketones is 1. The molecule has 0 radical (unpaired) electrons. The summed E-state index contributed by atoms with van der Waals surface area (Å²) in [6, 6.07) is 33.5. The Morgan fingerprint density at radius 1 is 0.828 bits per heavy atom. The van der Waals surface area contributed by atoms with Crippen LogP contribution in [0.3, 0.4) is 0 Å². The van der Waals surface area contributed by atoms with Crippen molar-refractivity contribution >= 4 is 51.4 Å². The van der Waals surface area contributed by atoms with Gasteiger partial charge < -0.3 is 49.9 Å². The van der Waals surface area contributed by atoms with Crippen LogP contribution in [0, 0.1) is 19.8 Å². The molecule has 87 heavy (non-hydrogen) atoms. The number of morpholine rings is 1. The predicted octanol–water partition coefficient (Wildman–Crippen LogP) is 9.90. The van der Waals surface area contributed by atoms with Gasteiger partial charge in [0.2, 0.25) is 0 Å². The summed E-state index contributed by atoms with van der Waals surface area (Å²) in [7, 11) is 0. The number of pyridine rings is 1. The number of benzene rings is 4. The number of hydrogen-bond donors (Lipinski definition) is 4. The van der Waals surface area contributed by atoms with Crippen molar-refractivity contribution in [2.24, 2.45) is 10.9 Å². The van der Waals surface area contributed by atoms with Crippen molar-refractivity contribution in [3.8, 4) is 16.9 Å². The smallest absolute Gasteiger partial charge is 0.320 e. The lowest BCUT2D eigenvalue weighted by Gasteiger charge is -2.44. The molecular formula is C69H84N12O6. The highest BCUT2D eigenvalue weighted by molar-refractivity contribution is 6.10. The third-order valence-corrected chi connectivity index (χ3v) is 18.7. The molecule has 0 bridgehead atoms. The fraction of sp³-hybridized carbons (Fsp3) is 0.449. The number of amides is 2. The molecule has 456 valence electrons. The number of ether oxygens (including phenoxy) is 2. The number of aliphatic hydroxyl groups excluding tert-OH is 1. The first-order valence-electron chi connectivity index (χ1n) is 31.6. The molecule has 7 aromatic rings. The number of nitrogens with one attached hydrogen (secondary N) is 2. The Kier molecular flexibility index (Phi) is 18.7. The van der Waals surface area contributed by atoms with Crippen LogP contribution < -0.4 is 26.2 Å². The Balaban J connectivity index is 0.000000173. The van der Waals surface area contributed by atoms with Crippen molar-refractivity contribution < 1.29 is 24.2 Å². The molecule has 1 unspecified atom stereocenters. The van der Waals surface area contributed by atoms with Crippen molar-refractivity contribution in [2.45, 2.75) is 103 Å². The van der Waals surface area contributed by atoms with Crippen molar-refractivity contribution in [1.29, 1.82) is 0 Å². The molecule has 0 spiro atoms. The Hall–Kier alpha value is -7.90. The van der Waals surface area contributed by atoms with E-state index in [1.165, 1.54) is 24.9 Å². The molecular weight excluding hydrogens is 1090 g/mol. The number of aliphatic hydroxyl groups is 1. The van der Waals surface area contributed by atoms with E-state index in [0.29, 0.717) is 93.2 Å². The van der Waals surface area contributed by atoms with Crippen LogP contribution in [-0.2, 0) is 22.6 Å². The first kappa shape index (κ1) is 59.4. The summed E-state index contributed by atoms with van der Waals surface area (Å²) in [5, 5.41) is 15.0. The molecule has 8 heterocycles. The molecule has 18 nitrogen and oxygen atoms in total. The van der Waals surface area contributed by atoms with Crippen LogP contribution in [0.5, 0.6) is 5.75 Å². The van der Waals surface area contributed by atoms with Gasteiger partial charge in [-0.1, -0.05) is 78.7 Å². The summed E-state index contributed by atoms with van der Waals surface area (Å²) in [6.45, 7) is 15.7. The highest BCUT2D eigenvalue weighted by atomic mass is 16.5. The average Bonchev–Trinajstić information content (AvgIpc) is 1.74.